The van der Waals surface area contributed by atoms with Crippen molar-refractivity contribution in [2.75, 3.05) is 14.2 Å². The van der Waals surface area contributed by atoms with E-state index in [1.165, 1.54) is 7.11 Å². The van der Waals surface area contributed by atoms with Crippen molar-refractivity contribution in [3.63, 3.8) is 0 Å². The molecule has 25 heavy (non-hydrogen) atoms. The Morgan fingerprint density at radius 2 is 1.76 bits per heavy atom. The van der Waals surface area contributed by atoms with Gasteiger partial charge in [0.2, 0.25) is 5.28 Å². The lowest BCUT2D eigenvalue weighted by Gasteiger charge is -2.19. The number of pyridine rings is 1. The van der Waals surface area contributed by atoms with Gasteiger partial charge in [-0.05, 0) is 23.6 Å². The Bertz CT molecular complexity index is 947. The zero-order valence-corrected chi connectivity index (χ0v) is 15.1. The van der Waals surface area contributed by atoms with Crippen LogP contribution in [-0.4, -0.2) is 29.2 Å². The smallest absolute Gasteiger partial charge is 0.222 e. The van der Waals surface area contributed by atoms with E-state index in [0.717, 1.165) is 5.56 Å². The third-order valence-corrected chi connectivity index (χ3v) is 4.13. The summed E-state index contributed by atoms with van der Waals surface area (Å²) in [6, 6.07) is 3.28. The van der Waals surface area contributed by atoms with E-state index in [0.29, 0.717) is 27.9 Å². The van der Waals surface area contributed by atoms with E-state index in [2.05, 4.69) is 15.0 Å². The van der Waals surface area contributed by atoms with Crippen LogP contribution in [0.25, 0.3) is 22.2 Å². The van der Waals surface area contributed by atoms with Crippen molar-refractivity contribution < 1.29 is 13.9 Å². The Morgan fingerprint density at radius 1 is 1.04 bits per heavy atom. The third-order valence-electron chi connectivity index (χ3n) is 3.94. The first-order valence-electron chi connectivity index (χ1n) is 7.69. The molecule has 2 aromatic heterocycles. The standard InChI is InChI=1S/C18H17ClFN3O2/c1-9(2)15-13(24-3)6-14(25-4)17(20)16(15)11-5-10-7-22-18(19)23-12(10)8-21-11/h5-9H,1-4H3. The molecule has 5 nitrogen and oxygen atoms in total. The molecule has 1 aromatic carbocycles. The normalized spacial score (nSPS) is 11.2. The predicted octanol–water partition coefficient (Wildman–Crippen LogP) is 4.62. The number of fused-ring (bicyclic) bond motifs is 1. The zero-order valence-electron chi connectivity index (χ0n) is 14.3. The van der Waals surface area contributed by atoms with Gasteiger partial charge in [-0.3, -0.25) is 4.98 Å². The van der Waals surface area contributed by atoms with Gasteiger partial charge in [0.05, 0.1) is 31.6 Å². The number of hydrogen-bond acceptors (Lipinski definition) is 5. The van der Waals surface area contributed by atoms with Crippen LogP contribution in [0, 0.1) is 5.82 Å². The second kappa shape index (κ2) is 6.80. The van der Waals surface area contributed by atoms with Gasteiger partial charge in [-0.25, -0.2) is 14.4 Å². The Balaban J connectivity index is 2.33. The summed E-state index contributed by atoms with van der Waals surface area (Å²) in [5.74, 6) is 0.195. The van der Waals surface area contributed by atoms with E-state index in [1.807, 2.05) is 13.8 Å². The summed E-state index contributed by atoms with van der Waals surface area (Å²) in [4.78, 5) is 12.5. The largest absolute Gasteiger partial charge is 0.496 e. The number of ether oxygens (including phenoxy) is 2. The number of nitrogens with zero attached hydrogens (tertiary/aromatic N) is 3. The first-order chi connectivity index (χ1) is 12.0. The number of halogens is 2. The highest BCUT2D eigenvalue weighted by Crippen LogP contribution is 2.42. The molecule has 0 aliphatic rings. The van der Waals surface area contributed by atoms with Gasteiger partial charge in [0.1, 0.15) is 5.75 Å². The van der Waals surface area contributed by atoms with Gasteiger partial charge < -0.3 is 9.47 Å². The Labute approximate surface area is 149 Å². The highest BCUT2D eigenvalue weighted by Gasteiger charge is 2.24. The van der Waals surface area contributed by atoms with Crippen LogP contribution in [0.5, 0.6) is 11.5 Å². The van der Waals surface area contributed by atoms with Gasteiger partial charge in [0, 0.05) is 28.8 Å². The van der Waals surface area contributed by atoms with Crippen molar-refractivity contribution in [3.05, 3.63) is 41.2 Å². The first kappa shape index (κ1) is 17.4. The van der Waals surface area contributed by atoms with Crippen LogP contribution in [0.15, 0.2) is 24.5 Å². The van der Waals surface area contributed by atoms with Crippen molar-refractivity contribution >= 4 is 22.5 Å². The molecule has 0 amide bonds. The molecule has 2 heterocycles. The molecule has 3 aromatic rings. The highest BCUT2D eigenvalue weighted by atomic mass is 35.5. The van der Waals surface area contributed by atoms with Crippen LogP contribution < -0.4 is 9.47 Å². The number of methoxy groups -OCH3 is 2. The highest BCUT2D eigenvalue weighted by molar-refractivity contribution is 6.28. The van der Waals surface area contributed by atoms with Crippen molar-refractivity contribution in [2.45, 2.75) is 19.8 Å². The average Bonchev–Trinajstić information content (AvgIpc) is 2.60. The Kier molecular flexibility index (Phi) is 4.72. The molecule has 0 fully saturated rings. The van der Waals surface area contributed by atoms with Crippen molar-refractivity contribution in [1.82, 2.24) is 15.0 Å². The third kappa shape index (κ3) is 3.09. The lowest BCUT2D eigenvalue weighted by molar-refractivity contribution is 0.371. The number of benzene rings is 1. The molecule has 0 aliphatic heterocycles. The maximum atomic E-state index is 15.1. The molecule has 0 spiro atoms. The van der Waals surface area contributed by atoms with Crippen LogP contribution >= 0.6 is 11.6 Å². The van der Waals surface area contributed by atoms with Crippen LogP contribution in [0.1, 0.15) is 25.3 Å². The number of hydrogen-bond donors (Lipinski definition) is 0. The molecular weight excluding hydrogens is 345 g/mol. The van der Waals surface area contributed by atoms with Gasteiger partial charge >= 0.3 is 0 Å². The summed E-state index contributed by atoms with van der Waals surface area (Å²) in [6.45, 7) is 3.94. The van der Waals surface area contributed by atoms with Crippen LogP contribution in [-0.2, 0) is 0 Å². The summed E-state index contributed by atoms with van der Waals surface area (Å²) in [6.07, 6.45) is 3.13. The second-order valence-corrected chi connectivity index (χ2v) is 6.14. The molecule has 130 valence electrons. The molecule has 0 radical (unpaired) electrons. The van der Waals surface area contributed by atoms with E-state index in [-0.39, 0.29) is 17.0 Å². The van der Waals surface area contributed by atoms with Crippen molar-refractivity contribution in [3.8, 4) is 22.8 Å². The van der Waals surface area contributed by atoms with Gasteiger partial charge in [0.25, 0.3) is 0 Å². The van der Waals surface area contributed by atoms with E-state index < -0.39 is 5.82 Å². The zero-order chi connectivity index (χ0) is 18.1. The lowest BCUT2D eigenvalue weighted by atomic mass is 9.92. The molecular formula is C18H17ClFN3O2. The molecule has 0 bridgehead atoms. The van der Waals surface area contributed by atoms with Crippen LogP contribution in [0.2, 0.25) is 5.28 Å². The van der Waals surface area contributed by atoms with E-state index in [9.17, 15) is 0 Å². The summed E-state index contributed by atoms with van der Waals surface area (Å²) >= 11 is 5.80. The molecule has 0 aliphatic carbocycles. The molecule has 0 saturated carbocycles. The molecule has 0 unspecified atom stereocenters. The van der Waals surface area contributed by atoms with Gasteiger partial charge in [-0.2, -0.15) is 0 Å². The fourth-order valence-electron chi connectivity index (χ4n) is 2.81. The maximum Gasteiger partial charge on any atom is 0.222 e. The van der Waals surface area contributed by atoms with Gasteiger partial charge in [0.15, 0.2) is 11.6 Å². The summed E-state index contributed by atoms with van der Waals surface area (Å²) in [5.41, 5.74) is 2.12. The van der Waals surface area contributed by atoms with Crippen molar-refractivity contribution in [2.24, 2.45) is 0 Å². The maximum absolute atomic E-state index is 15.1. The molecule has 0 N–H and O–H groups in total. The Morgan fingerprint density at radius 3 is 2.40 bits per heavy atom. The summed E-state index contributed by atoms with van der Waals surface area (Å²) in [5, 5.41) is 0.851. The van der Waals surface area contributed by atoms with Crippen LogP contribution in [0.3, 0.4) is 0 Å². The SMILES string of the molecule is COc1cc(OC)c(C(C)C)c(-c2cc3cnc(Cl)nc3cn2)c1F. The molecule has 0 saturated heterocycles. The van der Waals surface area contributed by atoms with Gasteiger partial charge in [-0.15, -0.1) is 0 Å². The number of rotatable bonds is 4. The van der Waals surface area contributed by atoms with E-state index in [4.69, 9.17) is 21.1 Å². The minimum Gasteiger partial charge on any atom is -0.496 e. The monoisotopic (exact) mass is 361 g/mol. The second-order valence-electron chi connectivity index (χ2n) is 5.81. The minimum atomic E-state index is -0.478. The van der Waals surface area contributed by atoms with E-state index >= 15 is 4.39 Å². The van der Waals surface area contributed by atoms with Crippen molar-refractivity contribution in [1.29, 1.82) is 0 Å². The van der Waals surface area contributed by atoms with Gasteiger partial charge in [-0.1, -0.05) is 13.8 Å². The molecule has 3 rings (SSSR count). The summed E-state index contributed by atoms with van der Waals surface area (Å²) < 4.78 is 25.7. The lowest BCUT2D eigenvalue weighted by Crippen LogP contribution is -2.04. The molecule has 0 atom stereocenters. The Hall–Kier alpha value is -2.47. The first-order valence-corrected chi connectivity index (χ1v) is 8.07. The minimum absolute atomic E-state index is 0.0179. The topological polar surface area (TPSA) is 57.1 Å². The summed E-state index contributed by atoms with van der Waals surface area (Å²) in [7, 11) is 2.96. The fourth-order valence-corrected chi connectivity index (χ4v) is 2.95. The fraction of sp³-hybridized carbons (Fsp3) is 0.278. The molecule has 7 heteroatoms. The van der Waals surface area contributed by atoms with E-state index in [1.54, 1.807) is 31.6 Å². The van der Waals surface area contributed by atoms with Crippen LogP contribution in [0.4, 0.5) is 4.39 Å². The predicted molar refractivity (Wildman–Crippen MR) is 94.9 cm³/mol. The number of aromatic nitrogens is 3. The average molecular weight is 362 g/mol. The quantitative estimate of drug-likeness (QED) is 0.634.